The van der Waals surface area contributed by atoms with Crippen LogP contribution in [-0.4, -0.2) is 38.2 Å². The Hall–Kier alpha value is -2.69. The summed E-state index contributed by atoms with van der Waals surface area (Å²) in [5.74, 6) is 0.104. The van der Waals surface area contributed by atoms with Crippen molar-refractivity contribution >= 4 is 16.8 Å². The maximum Gasteiger partial charge on any atom is 0.254 e. The smallest absolute Gasteiger partial charge is 0.254 e. The highest BCUT2D eigenvalue weighted by Gasteiger charge is 2.28. The van der Waals surface area contributed by atoms with Crippen molar-refractivity contribution in [3.63, 3.8) is 0 Å². The number of likely N-dealkylation sites (tertiary alicyclic amines) is 1. The molecule has 1 amide bonds. The van der Waals surface area contributed by atoms with E-state index in [0.29, 0.717) is 0 Å². The van der Waals surface area contributed by atoms with E-state index in [-0.39, 0.29) is 11.9 Å². The Morgan fingerprint density at radius 2 is 2.16 bits per heavy atom. The van der Waals surface area contributed by atoms with Crippen LogP contribution in [0.15, 0.2) is 48.9 Å². The van der Waals surface area contributed by atoms with Crippen molar-refractivity contribution in [2.24, 2.45) is 0 Å². The number of aryl methyl sites for hydroxylation is 1. The minimum atomic E-state index is 0.104. The Kier molecular flexibility index (Phi) is 4.22. The molecule has 3 aromatic rings. The van der Waals surface area contributed by atoms with Crippen LogP contribution in [-0.2, 0) is 6.54 Å². The normalized spacial score (nSPS) is 17.8. The molecular weight excluding hydrogens is 312 g/mol. The predicted octanol–water partition coefficient (Wildman–Crippen LogP) is 3.43. The largest absolute Gasteiger partial charge is 0.334 e. The monoisotopic (exact) mass is 334 g/mol. The molecule has 5 nitrogen and oxygen atoms in total. The average Bonchev–Trinajstić information content (AvgIpc) is 3.06. The zero-order chi connectivity index (χ0) is 17.2. The number of pyridine rings is 1. The molecule has 1 saturated heterocycles. The van der Waals surface area contributed by atoms with Crippen LogP contribution in [0.4, 0.5) is 0 Å². The third-order valence-electron chi connectivity index (χ3n) is 4.92. The topological polar surface area (TPSA) is 51.0 Å². The van der Waals surface area contributed by atoms with Crippen LogP contribution in [0.3, 0.4) is 0 Å². The fraction of sp³-hybridized carbons (Fsp3) is 0.350. The third-order valence-corrected chi connectivity index (χ3v) is 4.92. The third kappa shape index (κ3) is 3.14. The molecule has 128 valence electrons. The van der Waals surface area contributed by atoms with E-state index in [0.717, 1.165) is 54.4 Å². The highest BCUT2D eigenvalue weighted by atomic mass is 16.2. The predicted molar refractivity (Wildman–Crippen MR) is 97.4 cm³/mol. The lowest BCUT2D eigenvalue weighted by Crippen LogP contribution is -2.46. The fourth-order valence-corrected chi connectivity index (χ4v) is 3.69. The quantitative estimate of drug-likeness (QED) is 0.737. The second kappa shape index (κ2) is 6.67. The highest BCUT2D eigenvalue weighted by molar-refractivity contribution is 6.06. The SMILES string of the molecule is Cc1cnn(C[C@@H]2CCCCN2C(=O)c2cccc3ncccc23)c1. The van der Waals surface area contributed by atoms with Crippen molar-refractivity contribution in [2.75, 3.05) is 6.54 Å². The van der Waals surface area contributed by atoms with Crippen molar-refractivity contribution < 1.29 is 4.79 Å². The van der Waals surface area contributed by atoms with E-state index in [1.54, 1.807) is 6.20 Å². The van der Waals surface area contributed by atoms with Gasteiger partial charge in [0, 0.05) is 29.9 Å². The summed E-state index contributed by atoms with van der Waals surface area (Å²) in [6.45, 7) is 3.60. The molecule has 25 heavy (non-hydrogen) atoms. The molecule has 1 aliphatic heterocycles. The minimum Gasteiger partial charge on any atom is -0.334 e. The molecule has 0 aliphatic carbocycles. The number of nitrogens with zero attached hydrogens (tertiary/aromatic N) is 4. The second-order valence-electron chi connectivity index (χ2n) is 6.76. The first kappa shape index (κ1) is 15.8. The maximum atomic E-state index is 13.3. The Labute approximate surface area is 147 Å². The average molecular weight is 334 g/mol. The van der Waals surface area contributed by atoms with E-state index in [1.165, 1.54) is 0 Å². The van der Waals surface area contributed by atoms with Gasteiger partial charge in [-0.05, 0) is 49.9 Å². The Morgan fingerprint density at radius 3 is 3.00 bits per heavy atom. The van der Waals surface area contributed by atoms with Gasteiger partial charge in [0.05, 0.1) is 24.3 Å². The summed E-state index contributed by atoms with van der Waals surface area (Å²) in [4.78, 5) is 19.7. The van der Waals surface area contributed by atoms with Crippen LogP contribution in [0.25, 0.3) is 10.9 Å². The van der Waals surface area contributed by atoms with Gasteiger partial charge in [-0.2, -0.15) is 5.10 Å². The first-order valence-electron chi connectivity index (χ1n) is 8.86. The first-order valence-corrected chi connectivity index (χ1v) is 8.86. The molecule has 2 aromatic heterocycles. The van der Waals surface area contributed by atoms with Crippen molar-refractivity contribution in [1.29, 1.82) is 0 Å². The van der Waals surface area contributed by atoms with Crippen molar-refractivity contribution in [3.8, 4) is 0 Å². The Bertz CT molecular complexity index is 896. The lowest BCUT2D eigenvalue weighted by molar-refractivity contribution is 0.0586. The van der Waals surface area contributed by atoms with Gasteiger partial charge in [-0.3, -0.25) is 14.5 Å². The van der Waals surface area contributed by atoms with Crippen molar-refractivity contribution in [3.05, 3.63) is 60.0 Å². The van der Waals surface area contributed by atoms with Crippen LogP contribution in [0, 0.1) is 6.92 Å². The van der Waals surface area contributed by atoms with Crippen LogP contribution < -0.4 is 0 Å². The molecule has 0 radical (unpaired) electrons. The van der Waals surface area contributed by atoms with Gasteiger partial charge in [-0.15, -0.1) is 0 Å². The van der Waals surface area contributed by atoms with E-state index in [1.807, 2.05) is 59.2 Å². The molecule has 0 bridgehead atoms. The molecule has 0 saturated carbocycles. The fourth-order valence-electron chi connectivity index (χ4n) is 3.69. The summed E-state index contributed by atoms with van der Waals surface area (Å²) in [5, 5.41) is 5.32. The van der Waals surface area contributed by atoms with Crippen LogP contribution in [0.1, 0.15) is 35.2 Å². The van der Waals surface area contributed by atoms with Gasteiger partial charge >= 0.3 is 0 Å². The van der Waals surface area contributed by atoms with E-state index in [4.69, 9.17) is 0 Å². The van der Waals surface area contributed by atoms with Gasteiger partial charge in [0.25, 0.3) is 5.91 Å². The van der Waals surface area contributed by atoms with Crippen LogP contribution >= 0.6 is 0 Å². The van der Waals surface area contributed by atoms with Gasteiger partial charge in [-0.1, -0.05) is 12.1 Å². The lowest BCUT2D eigenvalue weighted by Gasteiger charge is -2.36. The molecule has 0 unspecified atom stereocenters. The lowest BCUT2D eigenvalue weighted by atomic mass is 9.99. The number of fused-ring (bicyclic) bond motifs is 1. The van der Waals surface area contributed by atoms with E-state index in [2.05, 4.69) is 10.1 Å². The zero-order valence-electron chi connectivity index (χ0n) is 14.4. The molecule has 3 heterocycles. The number of carbonyl (C=O) groups excluding carboxylic acids is 1. The van der Waals surface area contributed by atoms with Gasteiger partial charge < -0.3 is 4.90 Å². The number of hydrogen-bond acceptors (Lipinski definition) is 3. The molecule has 0 spiro atoms. The maximum absolute atomic E-state index is 13.3. The first-order chi connectivity index (χ1) is 12.2. The van der Waals surface area contributed by atoms with E-state index < -0.39 is 0 Å². The number of amides is 1. The van der Waals surface area contributed by atoms with Crippen LogP contribution in [0.2, 0.25) is 0 Å². The molecule has 5 heteroatoms. The Morgan fingerprint density at radius 1 is 1.24 bits per heavy atom. The summed E-state index contributed by atoms with van der Waals surface area (Å²) in [5.41, 5.74) is 2.76. The second-order valence-corrected chi connectivity index (χ2v) is 6.76. The molecule has 1 aromatic carbocycles. The van der Waals surface area contributed by atoms with Gasteiger partial charge in [0.1, 0.15) is 0 Å². The number of hydrogen-bond donors (Lipinski definition) is 0. The molecule has 1 atom stereocenters. The standard InChI is InChI=1S/C20H22N4O/c1-15-12-22-23(13-15)14-16-6-2-3-11-24(16)20(25)18-7-4-9-19-17(18)8-5-10-21-19/h4-5,7-10,12-13,16H,2-3,6,11,14H2,1H3/t16-/m0/s1. The molecule has 1 fully saturated rings. The van der Waals surface area contributed by atoms with Gasteiger partial charge in [0.15, 0.2) is 0 Å². The molecule has 0 N–H and O–H groups in total. The van der Waals surface area contributed by atoms with E-state index in [9.17, 15) is 4.79 Å². The minimum absolute atomic E-state index is 0.104. The molecular formula is C20H22N4O. The number of piperidine rings is 1. The van der Waals surface area contributed by atoms with Gasteiger partial charge in [0.2, 0.25) is 0 Å². The molecule has 4 rings (SSSR count). The summed E-state index contributed by atoms with van der Waals surface area (Å²) in [6.07, 6.45) is 8.91. The zero-order valence-corrected chi connectivity index (χ0v) is 14.4. The number of benzene rings is 1. The number of aromatic nitrogens is 3. The summed E-state index contributed by atoms with van der Waals surface area (Å²) in [7, 11) is 0. The van der Waals surface area contributed by atoms with Crippen molar-refractivity contribution in [1.82, 2.24) is 19.7 Å². The van der Waals surface area contributed by atoms with Gasteiger partial charge in [-0.25, -0.2) is 0 Å². The van der Waals surface area contributed by atoms with Crippen molar-refractivity contribution in [2.45, 2.75) is 38.8 Å². The van der Waals surface area contributed by atoms with E-state index >= 15 is 0 Å². The summed E-state index contributed by atoms with van der Waals surface area (Å²) in [6, 6.07) is 9.83. The summed E-state index contributed by atoms with van der Waals surface area (Å²) >= 11 is 0. The highest BCUT2D eigenvalue weighted by Crippen LogP contribution is 2.24. The Balaban J connectivity index is 1.64. The number of rotatable bonds is 3. The number of carbonyl (C=O) groups is 1. The molecule has 1 aliphatic rings. The van der Waals surface area contributed by atoms with Crippen LogP contribution in [0.5, 0.6) is 0 Å². The summed E-state index contributed by atoms with van der Waals surface area (Å²) < 4.78 is 1.95.